The van der Waals surface area contributed by atoms with Crippen LogP contribution in [0.25, 0.3) is 10.9 Å². The minimum Gasteiger partial charge on any atom is -0.343 e. The molecule has 0 amide bonds. The maximum Gasteiger partial charge on any atom is 0.0487 e. The molecule has 3 rings (SSSR count). The first-order chi connectivity index (χ1) is 8.74. The summed E-state index contributed by atoms with van der Waals surface area (Å²) in [5, 5.41) is 2.03. The number of halogens is 1. The van der Waals surface area contributed by atoms with Crippen LogP contribution >= 0.6 is 11.6 Å². The van der Waals surface area contributed by atoms with Gasteiger partial charge in [0.15, 0.2) is 0 Å². The van der Waals surface area contributed by atoms with Crippen LogP contribution in [0.2, 0.25) is 5.02 Å². The molecular formula is C16H14ClN. The summed E-state index contributed by atoms with van der Waals surface area (Å²) < 4.78 is 2.27. The first-order valence-corrected chi connectivity index (χ1v) is 6.41. The number of rotatable bonds is 2. The number of fused-ring (bicyclic) bond motifs is 1. The van der Waals surface area contributed by atoms with Crippen LogP contribution in [0.4, 0.5) is 0 Å². The van der Waals surface area contributed by atoms with Gasteiger partial charge in [-0.25, -0.2) is 0 Å². The predicted octanol–water partition coefficient (Wildman–Crippen LogP) is 4.65. The summed E-state index contributed by atoms with van der Waals surface area (Å²) in [6, 6.07) is 16.6. The molecule has 1 heterocycles. The van der Waals surface area contributed by atoms with Gasteiger partial charge in [0.05, 0.1) is 0 Å². The number of nitrogens with zero attached hydrogens (tertiary/aromatic N) is 1. The van der Waals surface area contributed by atoms with Crippen LogP contribution in [-0.2, 0) is 6.54 Å². The van der Waals surface area contributed by atoms with E-state index in [4.69, 9.17) is 11.6 Å². The fraction of sp³-hybridized carbons (Fsp3) is 0.125. The largest absolute Gasteiger partial charge is 0.343 e. The molecule has 0 N–H and O–H groups in total. The molecular weight excluding hydrogens is 242 g/mol. The molecule has 0 unspecified atom stereocenters. The average Bonchev–Trinajstić information content (AvgIpc) is 2.67. The van der Waals surface area contributed by atoms with Gasteiger partial charge in [-0.2, -0.15) is 0 Å². The normalized spacial score (nSPS) is 11.0. The van der Waals surface area contributed by atoms with Gasteiger partial charge in [-0.05, 0) is 36.2 Å². The van der Waals surface area contributed by atoms with Crippen molar-refractivity contribution in [3.63, 3.8) is 0 Å². The van der Waals surface area contributed by atoms with Gasteiger partial charge in [-0.1, -0.05) is 41.9 Å². The third-order valence-corrected chi connectivity index (χ3v) is 3.47. The predicted molar refractivity (Wildman–Crippen MR) is 77.2 cm³/mol. The highest BCUT2D eigenvalue weighted by Gasteiger charge is 2.06. The summed E-state index contributed by atoms with van der Waals surface area (Å²) in [4.78, 5) is 0. The second kappa shape index (κ2) is 4.51. The minimum atomic E-state index is 0.795. The zero-order valence-electron chi connectivity index (χ0n) is 10.2. The van der Waals surface area contributed by atoms with Crippen LogP contribution in [0.3, 0.4) is 0 Å². The molecule has 1 nitrogen and oxygen atoms in total. The van der Waals surface area contributed by atoms with Crippen LogP contribution in [0, 0.1) is 6.92 Å². The molecule has 0 radical (unpaired) electrons. The van der Waals surface area contributed by atoms with Gasteiger partial charge >= 0.3 is 0 Å². The Morgan fingerprint density at radius 2 is 1.83 bits per heavy atom. The van der Waals surface area contributed by atoms with Crippen LogP contribution in [0.5, 0.6) is 0 Å². The number of hydrogen-bond acceptors (Lipinski definition) is 0. The molecule has 1 aromatic heterocycles. The lowest BCUT2D eigenvalue weighted by Gasteiger charge is -2.05. The third-order valence-electron chi connectivity index (χ3n) is 3.24. The number of hydrogen-bond donors (Lipinski definition) is 0. The van der Waals surface area contributed by atoms with E-state index in [0.717, 1.165) is 11.6 Å². The molecule has 0 spiro atoms. The molecule has 2 heteroatoms. The molecule has 0 aliphatic rings. The molecule has 0 saturated carbocycles. The molecule has 0 fully saturated rings. The molecule has 0 atom stereocenters. The fourth-order valence-electron chi connectivity index (χ4n) is 2.36. The van der Waals surface area contributed by atoms with Crippen LogP contribution in [-0.4, -0.2) is 4.57 Å². The van der Waals surface area contributed by atoms with E-state index in [1.807, 2.05) is 18.2 Å². The van der Waals surface area contributed by atoms with E-state index >= 15 is 0 Å². The van der Waals surface area contributed by atoms with Gasteiger partial charge in [0.25, 0.3) is 0 Å². The van der Waals surface area contributed by atoms with E-state index in [1.54, 1.807) is 0 Å². The van der Waals surface area contributed by atoms with E-state index in [-0.39, 0.29) is 0 Å². The summed E-state index contributed by atoms with van der Waals surface area (Å²) in [6.45, 7) is 3.02. The highest BCUT2D eigenvalue weighted by atomic mass is 35.5. The standard InChI is InChI=1S/C16H14ClN/c1-12-10-18(11-13-5-3-2-4-6-13)16-8-7-14(17)9-15(12)16/h2-10H,11H2,1H3. The van der Waals surface area contributed by atoms with Gasteiger partial charge in [0, 0.05) is 28.7 Å². The van der Waals surface area contributed by atoms with E-state index in [1.165, 1.54) is 22.0 Å². The smallest absolute Gasteiger partial charge is 0.0487 e. The lowest BCUT2D eigenvalue weighted by molar-refractivity contribution is 0.834. The third kappa shape index (κ3) is 2.02. The van der Waals surface area contributed by atoms with Crippen molar-refractivity contribution in [2.75, 3.05) is 0 Å². The Morgan fingerprint density at radius 3 is 2.61 bits per heavy atom. The molecule has 90 valence electrons. The van der Waals surface area contributed by atoms with Crippen molar-refractivity contribution in [2.45, 2.75) is 13.5 Å². The van der Waals surface area contributed by atoms with Gasteiger partial charge in [0.1, 0.15) is 0 Å². The van der Waals surface area contributed by atoms with Crippen molar-refractivity contribution in [1.29, 1.82) is 0 Å². The van der Waals surface area contributed by atoms with Gasteiger partial charge in [-0.3, -0.25) is 0 Å². The molecule has 0 aliphatic heterocycles. The van der Waals surface area contributed by atoms with Crippen molar-refractivity contribution in [2.24, 2.45) is 0 Å². The zero-order valence-corrected chi connectivity index (χ0v) is 11.0. The van der Waals surface area contributed by atoms with Gasteiger partial charge in [-0.15, -0.1) is 0 Å². The van der Waals surface area contributed by atoms with Crippen molar-refractivity contribution in [3.05, 3.63) is 70.9 Å². The maximum atomic E-state index is 6.05. The Bertz CT molecular complexity index is 683. The summed E-state index contributed by atoms with van der Waals surface area (Å²) in [5.41, 5.74) is 3.81. The fourth-order valence-corrected chi connectivity index (χ4v) is 2.53. The second-order valence-electron chi connectivity index (χ2n) is 4.59. The first-order valence-electron chi connectivity index (χ1n) is 6.03. The SMILES string of the molecule is Cc1cn(Cc2ccccc2)c2ccc(Cl)cc12. The number of aryl methyl sites for hydroxylation is 1. The summed E-state index contributed by atoms with van der Waals surface area (Å²) in [6.07, 6.45) is 2.19. The first kappa shape index (κ1) is 11.4. The van der Waals surface area contributed by atoms with Crippen molar-refractivity contribution >= 4 is 22.5 Å². The number of benzene rings is 2. The van der Waals surface area contributed by atoms with Crippen molar-refractivity contribution in [1.82, 2.24) is 4.57 Å². The molecule has 2 aromatic carbocycles. The summed E-state index contributed by atoms with van der Waals surface area (Å²) >= 11 is 6.05. The number of aromatic nitrogens is 1. The Hall–Kier alpha value is -1.73. The monoisotopic (exact) mass is 255 g/mol. The Balaban J connectivity index is 2.08. The van der Waals surface area contributed by atoms with Crippen molar-refractivity contribution < 1.29 is 0 Å². The quantitative estimate of drug-likeness (QED) is 0.628. The lowest BCUT2D eigenvalue weighted by atomic mass is 10.2. The summed E-state index contributed by atoms with van der Waals surface area (Å²) in [5.74, 6) is 0. The molecule has 0 bridgehead atoms. The molecule has 18 heavy (non-hydrogen) atoms. The van der Waals surface area contributed by atoms with Crippen LogP contribution < -0.4 is 0 Å². The average molecular weight is 256 g/mol. The van der Waals surface area contributed by atoms with Crippen LogP contribution in [0.15, 0.2) is 54.7 Å². The van der Waals surface area contributed by atoms with Crippen LogP contribution in [0.1, 0.15) is 11.1 Å². The molecule has 0 saturated heterocycles. The second-order valence-corrected chi connectivity index (χ2v) is 5.02. The van der Waals surface area contributed by atoms with Gasteiger partial charge in [0.2, 0.25) is 0 Å². The summed E-state index contributed by atoms with van der Waals surface area (Å²) in [7, 11) is 0. The molecule has 0 aliphatic carbocycles. The Labute approximate surface area is 112 Å². The lowest BCUT2D eigenvalue weighted by Crippen LogP contribution is -1.97. The highest BCUT2D eigenvalue weighted by Crippen LogP contribution is 2.25. The maximum absolute atomic E-state index is 6.05. The molecule has 3 aromatic rings. The minimum absolute atomic E-state index is 0.795. The zero-order chi connectivity index (χ0) is 12.5. The Morgan fingerprint density at radius 1 is 1.06 bits per heavy atom. The van der Waals surface area contributed by atoms with E-state index in [9.17, 15) is 0 Å². The highest BCUT2D eigenvalue weighted by molar-refractivity contribution is 6.31. The van der Waals surface area contributed by atoms with Crippen molar-refractivity contribution in [3.8, 4) is 0 Å². The van der Waals surface area contributed by atoms with E-state index in [0.29, 0.717) is 0 Å². The topological polar surface area (TPSA) is 4.93 Å². The van der Waals surface area contributed by atoms with E-state index in [2.05, 4.69) is 48.0 Å². The Kier molecular flexibility index (Phi) is 2.85. The van der Waals surface area contributed by atoms with E-state index < -0.39 is 0 Å². The van der Waals surface area contributed by atoms with Gasteiger partial charge < -0.3 is 4.57 Å².